The van der Waals surface area contributed by atoms with Gasteiger partial charge in [-0.15, -0.1) is 0 Å². The van der Waals surface area contributed by atoms with Gasteiger partial charge in [0.25, 0.3) is 0 Å². The molecule has 0 aliphatic carbocycles. The van der Waals surface area contributed by atoms with Gasteiger partial charge in [0.1, 0.15) is 17.6 Å². The summed E-state index contributed by atoms with van der Waals surface area (Å²) in [5, 5.41) is 14.1. The molecule has 0 bridgehead atoms. The normalized spacial score (nSPS) is 15.5. The number of anilines is 1. The molecule has 0 fully saturated rings. The van der Waals surface area contributed by atoms with Crippen LogP contribution in [0.4, 0.5) is 10.3 Å². The third-order valence-electron chi connectivity index (χ3n) is 4.66. The predicted octanol–water partition coefficient (Wildman–Crippen LogP) is 2.45. The predicted molar refractivity (Wildman–Crippen MR) is 101 cm³/mol. The van der Waals surface area contributed by atoms with E-state index < -0.39 is 23.6 Å². The molecular formula is C20H16FN5O3. The van der Waals surface area contributed by atoms with Crippen LogP contribution in [0.3, 0.4) is 0 Å². The fraction of sp³-hybridized carbons (Fsp3) is 0.150. The highest BCUT2D eigenvalue weighted by Gasteiger charge is 2.39. The van der Waals surface area contributed by atoms with Gasteiger partial charge >= 0.3 is 5.97 Å². The number of rotatable bonds is 4. The number of methoxy groups -OCH3 is 1. The summed E-state index contributed by atoms with van der Waals surface area (Å²) >= 11 is 0. The Morgan fingerprint density at radius 3 is 2.55 bits per heavy atom. The zero-order valence-corrected chi connectivity index (χ0v) is 15.6. The molecule has 1 atom stereocenters. The Labute approximate surface area is 165 Å². The first kappa shape index (κ1) is 18.5. The molecule has 1 aromatic heterocycles. The van der Waals surface area contributed by atoms with Crippen LogP contribution >= 0.6 is 0 Å². The smallest absolute Gasteiger partial charge is 0.355 e. The lowest BCUT2D eigenvalue weighted by Gasteiger charge is -2.28. The van der Waals surface area contributed by atoms with Crippen molar-refractivity contribution in [2.24, 2.45) is 0 Å². The van der Waals surface area contributed by atoms with Gasteiger partial charge in [0.2, 0.25) is 5.95 Å². The van der Waals surface area contributed by atoms with Crippen molar-refractivity contribution in [2.75, 3.05) is 12.4 Å². The second-order valence-corrected chi connectivity index (χ2v) is 6.47. The van der Waals surface area contributed by atoms with E-state index in [9.17, 15) is 14.0 Å². The number of hydrogen-bond acceptors (Lipinski definition) is 7. The van der Waals surface area contributed by atoms with E-state index in [1.807, 2.05) is 6.92 Å². The van der Waals surface area contributed by atoms with Crippen LogP contribution in [0.2, 0.25) is 0 Å². The number of benzene rings is 2. The molecular weight excluding hydrogens is 377 g/mol. The number of aromatic nitrogens is 4. The molecule has 0 spiro atoms. The van der Waals surface area contributed by atoms with Gasteiger partial charge in [0.15, 0.2) is 5.78 Å². The maximum atomic E-state index is 14.7. The van der Waals surface area contributed by atoms with Gasteiger partial charge in [0.05, 0.1) is 12.7 Å². The van der Waals surface area contributed by atoms with E-state index in [0.717, 1.165) is 5.56 Å². The lowest BCUT2D eigenvalue weighted by Crippen LogP contribution is -2.33. The average Bonchev–Trinajstić information content (AvgIpc) is 3.21. The molecule has 29 heavy (non-hydrogen) atoms. The molecule has 1 unspecified atom stereocenters. The van der Waals surface area contributed by atoms with Gasteiger partial charge in [0, 0.05) is 11.1 Å². The summed E-state index contributed by atoms with van der Waals surface area (Å²) in [5.74, 6) is -1.71. The molecule has 0 saturated carbocycles. The van der Waals surface area contributed by atoms with E-state index in [2.05, 4.69) is 20.8 Å². The molecule has 146 valence electrons. The van der Waals surface area contributed by atoms with Crippen LogP contribution in [0, 0.1) is 12.7 Å². The molecule has 4 rings (SSSR count). The number of fused-ring (bicyclic) bond motifs is 1. The van der Waals surface area contributed by atoms with Crippen molar-refractivity contribution in [2.45, 2.75) is 13.0 Å². The van der Waals surface area contributed by atoms with Crippen LogP contribution in [0.15, 0.2) is 59.8 Å². The Hall–Kier alpha value is -3.88. The highest BCUT2D eigenvalue weighted by molar-refractivity contribution is 6.14. The summed E-state index contributed by atoms with van der Waals surface area (Å²) in [6.07, 6.45) is 0. The minimum Gasteiger partial charge on any atom is -0.464 e. The number of nitrogens with zero attached hydrogens (tertiary/aromatic N) is 4. The number of hydrogen-bond donors (Lipinski definition) is 1. The molecule has 2 aromatic carbocycles. The lowest BCUT2D eigenvalue weighted by molar-refractivity contribution is -0.136. The number of allylic oxidation sites excluding steroid dienone is 1. The minimum absolute atomic E-state index is 0.00870. The van der Waals surface area contributed by atoms with E-state index >= 15 is 0 Å². The fourth-order valence-electron chi connectivity index (χ4n) is 3.23. The summed E-state index contributed by atoms with van der Waals surface area (Å²) in [7, 11) is 1.20. The van der Waals surface area contributed by atoms with Gasteiger partial charge in [-0.25, -0.2) is 9.18 Å². The first-order valence-electron chi connectivity index (χ1n) is 8.74. The zero-order chi connectivity index (χ0) is 20.5. The fourth-order valence-corrected chi connectivity index (χ4v) is 3.23. The number of Topliss-reactive ketones (excluding diaryl/α,β-unsaturated/α-hetero) is 1. The SMILES string of the molecule is COC(=O)C1=C(C(=O)c2ccc(C)cc2)C(c2ccccc2F)n2nnnc2N1. The van der Waals surface area contributed by atoms with Crippen LogP contribution in [0.5, 0.6) is 0 Å². The van der Waals surface area contributed by atoms with Gasteiger partial charge in [-0.05, 0) is 23.4 Å². The number of carbonyl (C=O) groups is 2. The summed E-state index contributed by atoms with van der Waals surface area (Å²) in [5.41, 5.74) is 1.32. The highest BCUT2D eigenvalue weighted by Crippen LogP contribution is 2.37. The van der Waals surface area contributed by atoms with Gasteiger partial charge < -0.3 is 10.1 Å². The molecule has 8 nitrogen and oxygen atoms in total. The Bertz CT molecular complexity index is 1140. The second kappa shape index (κ2) is 7.27. The monoisotopic (exact) mass is 393 g/mol. The highest BCUT2D eigenvalue weighted by atomic mass is 19.1. The van der Waals surface area contributed by atoms with E-state index in [1.165, 1.54) is 30.0 Å². The summed E-state index contributed by atoms with van der Waals surface area (Å²) < 4.78 is 20.8. The van der Waals surface area contributed by atoms with Crippen molar-refractivity contribution in [1.29, 1.82) is 0 Å². The summed E-state index contributed by atoms with van der Waals surface area (Å²) in [6, 6.07) is 11.8. The average molecular weight is 393 g/mol. The van der Waals surface area contributed by atoms with E-state index in [1.54, 1.807) is 30.3 Å². The second-order valence-electron chi connectivity index (χ2n) is 6.47. The Morgan fingerprint density at radius 1 is 1.14 bits per heavy atom. The molecule has 0 amide bonds. The first-order chi connectivity index (χ1) is 14.0. The molecule has 0 saturated heterocycles. The van der Waals surface area contributed by atoms with Gasteiger partial charge in [-0.1, -0.05) is 53.1 Å². The minimum atomic E-state index is -1.05. The number of halogens is 1. The molecule has 1 N–H and O–H groups in total. The molecule has 1 aliphatic rings. The van der Waals surface area contributed by atoms with Crippen molar-refractivity contribution < 1.29 is 18.7 Å². The summed E-state index contributed by atoms with van der Waals surface area (Å²) in [6.45, 7) is 1.89. The van der Waals surface area contributed by atoms with E-state index in [-0.39, 0.29) is 22.8 Å². The number of nitrogens with one attached hydrogen (secondary N) is 1. The molecule has 9 heteroatoms. The van der Waals surface area contributed by atoms with E-state index in [4.69, 9.17) is 4.74 Å². The largest absolute Gasteiger partial charge is 0.464 e. The third kappa shape index (κ3) is 3.16. The molecule has 1 aliphatic heterocycles. The number of tetrazole rings is 1. The number of carbonyl (C=O) groups excluding carboxylic acids is 2. The number of ketones is 1. The van der Waals surface area contributed by atoms with Crippen molar-refractivity contribution in [1.82, 2.24) is 20.2 Å². The van der Waals surface area contributed by atoms with Crippen molar-refractivity contribution >= 4 is 17.7 Å². The van der Waals surface area contributed by atoms with Gasteiger partial charge in [-0.3, -0.25) is 4.79 Å². The number of esters is 1. The van der Waals surface area contributed by atoms with Crippen LogP contribution in [0.1, 0.15) is 27.5 Å². The number of aryl methyl sites for hydroxylation is 1. The van der Waals surface area contributed by atoms with Crippen LogP contribution < -0.4 is 5.32 Å². The lowest BCUT2D eigenvalue weighted by atomic mass is 9.89. The number of ether oxygens (including phenoxy) is 1. The molecule has 3 aromatic rings. The van der Waals surface area contributed by atoms with Gasteiger partial charge in [-0.2, -0.15) is 4.68 Å². The quantitative estimate of drug-likeness (QED) is 0.537. The maximum absolute atomic E-state index is 14.7. The Balaban J connectivity index is 1.97. The van der Waals surface area contributed by atoms with Crippen molar-refractivity contribution in [3.05, 3.63) is 82.3 Å². The molecule has 2 heterocycles. The Morgan fingerprint density at radius 2 is 1.86 bits per heavy atom. The summed E-state index contributed by atoms with van der Waals surface area (Å²) in [4.78, 5) is 26.0. The van der Waals surface area contributed by atoms with Crippen molar-refractivity contribution in [3.8, 4) is 0 Å². The van der Waals surface area contributed by atoms with Crippen LogP contribution in [0.25, 0.3) is 0 Å². The van der Waals surface area contributed by atoms with Crippen LogP contribution in [-0.2, 0) is 9.53 Å². The maximum Gasteiger partial charge on any atom is 0.355 e. The third-order valence-corrected chi connectivity index (χ3v) is 4.66. The topological polar surface area (TPSA) is 99.0 Å². The van der Waals surface area contributed by atoms with E-state index in [0.29, 0.717) is 5.56 Å². The van der Waals surface area contributed by atoms with Crippen LogP contribution in [-0.4, -0.2) is 39.1 Å². The Kier molecular flexibility index (Phi) is 4.63. The van der Waals surface area contributed by atoms with Crippen molar-refractivity contribution in [3.63, 3.8) is 0 Å². The zero-order valence-electron chi connectivity index (χ0n) is 15.6. The molecule has 0 radical (unpaired) electrons. The first-order valence-corrected chi connectivity index (χ1v) is 8.74. The standard InChI is InChI=1S/C20H16FN5O3/c1-11-7-9-12(10-8-11)18(27)15-16(19(28)29-2)22-20-23-24-25-26(20)17(15)13-5-3-4-6-14(13)21/h3-10,17H,1-2H3,(H,22,23,25).